The normalized spacial score (nSPS) is 10.9. The molecule has 0 aliphatic rings. The molecule has 0 bridgehead atoms. The highest BCUT2D eigenvalue weighted by Gasteiger charge is 2.08. The predicted octanol–water partition coefficient (Wildman–Crippen LogP) is 3.06. The van der Waals surface area contributed by atoms with E-state index in [2.05, 4.69) is 61.5 Å². The Bertz CT molecular complexity index is 394. The fraction of sp³-hybridized carbons (Fsp3) is 0.600. The summed E-state index contributed by atoms with van der Waals surface area (Å²) in [5.74, 6) is 0.869. The first-order valence-electron chi connectivity index (χ1n) is 7.32. The second-order valence-electron chi connectivity index (χ2n) is 4.74. The highest BCUT2D eigenvalue weighted by molar-refractivity contribution is 9.11. The number of benzene rings is 1. The molecule has 6 heteroatoms. The molecule has 0 aliphatic carbocycles. The van der Waals surface area contributed by atoms with E-state index >= 15 is 0 Å². The zero-order chi connectivity index (χ0) is 15.5. The number of hydrogen-bond donors (Lipinski definition) is 3. The van der Waals surface area contributed by atoms with Gasteiger partial charge >= 0.3 is 0 Å². The topological polar surface area (TPSA) is 53.5 Å². The van der Waals surface area contributed by atoms with Gasteiger partial charge in [0, 0.05) is 13.1 Å². The van der Waals surface area contributed by atoms with Crippen molar-refractivity contribution < 1.29 is 9.84 Å². The zero-order valence-corrected chi connectivity index (χ0v) is 15.6. The highest BCUT2D eigenvalue weighted by Crippen LogP contribution is 2.34. The Hall–Kier alpha value is -0.140. The van der Waals surface area contributed by atoms with Gasteiger partial charge in [-0.3, -0.25) is 0 Å². The Morgan fingerprint density at radius 2 is 1.76 bits per heavy atom. The third-order valence-electron chi connectivity index (χ3n) is 2.83. The van der Waals surface area contributed by atoms with Crippen molar-refractivity contribution in [2.75, 3.05) is 32.8 Å². The van der Waals surface area contributed by atoms with Crippen LogP contribution in [0.5, 0.6) is 5.75 Å². The average Bonchev–Trinajstić information content (AvgIpc) is 2.45. The Balaban J connectivity index is 2.35. The largest absolute Gasteiger partial charge is 0.491 e. The molecule has 120 valence electrons. The predicted molar refractivity (Wildman–Crippen MR) is 93.9 cm³/mol. The van der Waals surface area contributed by atoms with Crippen LogP contribution in [0, 0.1) is 0 Å². The monoisotopic (exact) mass is 422 g/mol. The molecule has 1 aromatic carbocycles. The van der Waals surface area contributed by atoms with Gasteiger partial charge in [0.25, 0.3) is 0 Å². The molecule has 1 rings (SSSR count). The third-order valence-corrected chi connectivity index (χ3v) is 4.01. The van der Waals surface area contributed by atoms with Crippen LogP contribution in [0.1, 0.15) is 25.3 Å². The lowest BCUT2D eigenvalue weighted by molar-refractivity contribution is 0.292. The van der Waals surface area contributed by atoms with Crippen molar-refractivity contribution in [2.24, 2.45) is 0 Å². The minimum Gasteiger partial charge on any atom is -0.491 e. The summed E-state index contributed by atoms with van der Waals surface area (Å²) in [4.78, 5) is 0. The maximum Gasteiger partial charge on any atom is 0.147 e. The number of nitrogens with one attached hydrogen (secondary N) is 2. The van der Waals surface area contributed by atoms with Crippen LogP contribution < -0.4 is 15.4 Å². The molecule has 0 heterocycles. The van der Waals surface area contributed by atoms with Gasteiger partial charge in [-0.2, -0.15) is 0 Å². The zero-order valence-electron chi connectivity index (χ0n) is 12.4. The van der Waals surface area contributed by atoms with E-state index in [0.717, 1.165) is 53.8 Å². The molecule has 0 saturated heterocycles. The maximum absolute atomic E-state index is 8.65. The lowest BCUT2D eigenvalue weighted by atomic mass is 10.2. The third kappa shape index (κ3) is 7.61. The van der Waals surface area contributed by atoms with Crippen LogP contribution in [-0.4, -0.2) is 38.0 Å². The van der Waals surface area contributed by atoms with Crippen LogP contribution in [-0.2, 0) is 6.54 Å². The Morgan fingerprint density at radius 3 is 2.38 bits per heavy atom. The highest BCUT2D eigenvalue weighted by atomic mass is 79.9. The van der Waals surface area contributed by atoms with E-state index < -0.39 is 0 Å². The van der Waals surface area contributed by atoms with Crippen LogP contribution >= 0.6 is 31.9 Å². The minimum absolute atomic E-state index is 0.196. The number of rotatable bonds is 11. The Labute approximate surface area is 143 Å². The van der Waals surface area contributed by atoms with Gasteiger partial charge in [-0.1, -0.05) is 6.92 Å². The van der Waals surface area contributed by atoms with Crippen molar-refractivity contribution in [1.82, 2.24) is 10.6 Å². The summed E-state index contributed by atoms with van der Waals surface area (Å²) < 4.78 is 7.67. The van der Waals surface area contributed by atoms with Gasteiger partial charge in [-0.25, -0.2) is 0 Å². The maximum atomic E-state index is 8.65. The standard InChI is InChI=1S/C15H24Br2N2O2/c1-2-8-21-15-13(16)9-12(10-14(15)17)11-19-5-3-4-18-6-7-20/h9-10,18-20H,2-8,11H2,1H3. The van der Waals surface area contributed by atoms with Gasteiger partial charge in [0.15, 0.2) is 0 Å². The molecule has 0 atom stereocenters. The second-order valence-corrected chi connectivity index (χ2v) is 6.45. The van der Waals surface area contributed by atoms with Gasteiger partial charge in [0.1, 0.15) is 5.75 Å². The van der Waals surface area contributed by atoms with E-state index in [-0.39, 0.29) is 6.61 Å². The quantitative estimate of drug-likeness (QED) is 0.479. The smallest absolute Gasteiger partial charge is 0.147 e. The number of aliphatic hydroxyl groups is 1. The number of halogens is 2. The molecule has 4 nitrogen and oxygen atoms in total. The van der Waals surface area contributed by atoms with Crippen LogP contribution in [0.2, 0.25) is 0 Å². The fourth-order valence-electron chi connectivity index (χ4n) is 1.83. The minimum atomic E-state index is 0.196. The van der Waals surface area contributed by atoms with E-state index in [1.54, 1.807) is 0 Å². The van der Waals surface area contributed by atoms with Gasteiger partial charge in [-0.15, -0.1) is 0 Å². The van der Waals surface area contributed by atoms with E-state index in [0.29, 0.717) is 6.54 Å². The summed E-state index contributed by atoms with van der Waals surface area (Å²) in [6.07, 6.45) is 2.03. The summed E-state index contributed by atoms with van der Waals surface area (Å²) in [7, 11) is 0. The first-order chi connectivity index (χ1) is 10.2. The number of ether oxygens (including phenoxy) is 1. The fourth-order valence-corrected chi connectivity index (χ4v) is 3.34. The van der Waals surface area contributed by atoms with E-state index in [1.807, 2.05) is 0 Å². The van der Waals surface area contributed by atoms with Crippen LogP contribution in [0.15, 0.2) is 21.1 Å². The molecule has 0 aliphatic heterocycles. The summed E-state index contributed by atoms with van der Waals surface area (Å²) in [6, 6.07) is 4.18. The molecule has 0 saturated carbocycles. The molecule has 3 N–H and O–H groups in total. The van der Waals surface area contributed by atoms with Crippen LogP contribution in [0.3, 0.4) is 0 Å². The van der Waals surface area contributed by atoms with Crippen LogP contribution in [0.4, 0.5) is 0 Å². The van der Waals surface area contributed by atoms with Crippen LogP contribution in [0.25, 0.3) is 0 Å². The molecule has 21 heavy (non-hydrogen) atoms. The van der Waals surface area contributed by atoms with E-state index in [4.69, 9.17) is 9.84 Å². The van der Waals surface area contributed by atoms with E-state index in [1.165, 1.54) is 5.56 Å². The number of hydrogen-bond acceptors (Lipinski definition) is 4. The molecule has 0 fully saturated rings. The molecule has 1 aromatic rings. The Kier molecular flexibility index (Phi) is 10.3. The van der Waals surface area contributed by atoms with Gasteiger partial charge in [-0.05, 0) is 75.5 Å². The van der Waals surface area contributed by atoms with Gasteiger partial charge in [0.05, 0.1) is 22.2 Å². The summed E-state index contributed by atoms with van der Waals surface area (Å²) >= 11 is 7.13. The van der Waals surface area contributed by atoms with Gasteiger partial charge in [0.2, 0.25) is 0 Å². The van der Waals surface area contributed by atoms with Gasteiger partial charge < -0.3 is 20.5 Å². The van der Waals surface area contributed by atoms with E-state index in [9.17, 15) is 0 Å². The SMILES string of the molecule is CCCOc1c(Br)cc(CNCCCNCCO)cc1Br. The summed E-state index contributed by atoms with van der Waals surface area (Å²) in [6.45, 7) is 6.37. The molecule has 0 amide bonds. The van der Waals surface area contributed by atoms with Crippen molar-refractivity contribution in [3.05, 3.63) is 26.6 Å². The van der Waals surface area contributed by atoms with Crippen molar-refractivity contribution in [3.63, 3.8) is 0 Å². The first kappa shape index (κ1) is 18.9. The molecule has 0 aromatic heterocycles. The first-order valence-corrected chi connectivity index (χ1v) is 8.90. The second kappa shape index (κ2) is 11.4. The lowest BCUT2D eigenvalue weighted by Gasteiger charge is -2.12. The molecule has 0 unspecified atom stereocenters. The number of aliphatic hydroxyl groups excluding tert-OH is 1. The van der Waals surface area contributed by atoms with Crippen molar-refractivity contribution in [3.8, 4) is 5.75 Å². The van der Waals surface area contributed by atoms with Crippen molar-refractivity contribution >= 4 is 31.9 Å². The molecule has 0 radical (unpaired) electrons. The molecular weight excluding hydrogens is 400 g/mol. The van der Waals surface area contributed by atoms with Crippen molar-refractivity contribution in [2.45, 2.75) is 26.3 Å². The Morgan fingerprint density at radius 1 is 1.10 bits per heavy atom. The van der Waals surface area contributed by atoms with Crippen molar-refractivity contribution in [1.29, 1.82) is 0 Å². The molecule has 0 spiro atoms. The average molecular weight is 424 g/mol. The summed E-state index contributed by atoms with van der Waals surface area (Å²) in [5.41, 5.74) is 1.21. The molecular formula is C15H24Br2N2O2. The summed E-state index contributed by atoms with van der Waals surface area (Å²) in [5, 5.41) is 15.2. The lowest BCUT2D eigenvalue weighted by Crippen LogP contribution is -2.23.